The minimum Gasteiger partial charge on any atom is -0.454 e. The van der Waals surface area contributed by atoms with E-state index in [1.54, 1.807) is 13.2 Å². The van der Waals surface area contributed by atoms with E-state index >= 15 is 0 Å². The molecule has 2 heterocycles. The fraction of sp³-hybridized carbons (Fsp3) is 0.611. The molecule has 2 aliphatic heterocycles. The Morgan fingerprint density at radius 3 is 2.50 bits per heavy atom. The molecule has 26 heavy (non-hydrogen) atoms. The third-order valence-electron chi connectivity index (χ3n) is 5.78. The van der Waals surface area contributed by atoms with E-state index in [-0.39, 0.29) is 26.0 Å². The van der Waals surface area contributed by atoms with Gasteiger partial charge < -0.3 is 19.1 Å². The molecule has 1 aliphatic carbocycles. The summed E-state index contributed by atoms with van der Waals surface area (Å²) in [4.78, 5) is 12.9. The number of carbonyl (C=O) groups excluding carboxylic acids is 1. The molecule has 142 valence electrons. The number of nitrogens with zero attached hydrogens (tertiary/aromatic N) is 1. The van der Waals surface area contributed by atoms with Gasteiger partial charge in [0.25, 0.3) is 0 Å². The number of carbonyl (C=O) groups is 1. The quantitative estimate of drug-likeness (QED) is 0.761. The van der Waals surface area contributed by atoms with Crippen LogP contribution in [0.25, 0.3) is 0 Å². The van der Waals surface area contributed by atoms with Gasteiger partial charge in [-0.2, -0.15) is 13.2 Å². The fourth-order valence-corrected chi connectivity index (χ4v) is 4.45. The molecule has 0 atom stereocenters. The number of ether oxygens (including phenoxy) is 3. The number of benzene rings is 1. The normalized spacial score (nSPS) is 27.5. The molecular formula is C18H20F3NO4. The summed E-state index contributed by atoms with van der Waals surface area (Å²) in [6, 6.07) is 3.61. The van der Waals surface area contributed by atoms with Crippen LogP contribution in [0.5, 0.6) is 11.5 Å². The Morgan fingerprint density at radius 1 is 1.23 bits per heavy atom. The molecular weight excluding hydrogens is 351 g/mol. The number of fused-ring (bicyclic) bond motifs is 3. The van der Waals surface area contributed by atoms with Crippen LogP contribution in [0.2, 0.25) is 0 Å². The van der Waals surface area contributed by atoms with Crippen molar-refractivity contribution in [2.24, 2.45) is 0 Å². The smallest absolute Gasteiger partial charge is 0.454 e. The molecule has 1 amide bonds. The summed E-state index contributed by atoms with van der Waals surface area (Å²) in [6.45, 7) is 0.0936. The molecule has 0 unspecified atom stereocenters. The first-order valence-electron chi connectivity index (χ1n) is 8.64. The second-order valence-corrected chi connectivity index (χ2v) is 7.24. The standard InChI is InChI=1S/C18H20F3NO4/c1-24-12-2-4-17(5-3-12)9-22(16(23)18(19,20)21)8-11-6-14-15(7-13(11)17)26-10-25-14/h6-7,12H,2-5,8-10H2,1H3. The molecule has 1 fully saturated rings. The summed E-state index contributed by atoms with van der Waals surface area (Å²) in [5, 5.41) is 0. The zero-order chi connectivity index (χ0) is 18.5. The Labute approximate surface area is 149 Å². The van der Waals surface area contributed by atoms with E-state index in [1.165, 1.54) is 0 Å². The number of hydrogen-bond donors (Lipinski definition) is 0. The molecule has 5 nitrogen and oxygen atoms in total. The van der Waals surface area contributed by atoms with Gasteiger partial charge in [-0.1, -0.05) is 0 Å². The predicted octanol–water partition coefficient (Wildman–Crippen LogP) is 3.15. The molecule has 0 N–H and O–H groups in total. The van der Waals surface area contributed by atoms with Crippen molar-refractivity contribution < 1.29 is 32.2 Å². The maximum absolute atomic E-state index is 13.0. The average Bonchev–Trinajstić information content (AvgIpc) is 3.07. The third kappa shape index (κ3) is 2.80. The van der Waals surface area contributed by atoms with Crippen LogP contribution in [0.4, 0.5) is 13.2 Å². The highest BCUT2D eigenvalue weighted by Gasteiger charge is 2.49. The van der Waals surface area contributed by atoms with E-state index in [0.29, 0.717) is 29.9 Å². The summed E-state index contributed by atoms with van der Waals surface area (Å²) in [5.74, 6) is -0.646. The molecule has 4 rings (SSSR count). The monoisotopic (exact) mass is 371 g/mol. The number of alkyl halides is 3. The SMILES string of the molecule is COC1CCC2(CC1)CN(C(=O)C(F)(F)F)Cc1cc3c(cc12)OCO3. The minimum atomic E-state index is -4.88. The number of rotatable bonds is 1. The molecule has 0 saturated heterocycles. The van der Waals surface area contributed by atoms with E-state index in [4.69, 9.17) is 14.2 Å². The van der Waals surface area contributed by atoms with Crippen LogP contribution in [0.1, 0.15) is 36.8 Å². The van der Waals surface area contributed by atoms with Gasteiger partial charge in [0, 0.05) is 25.6 Å². The van der Waals surface area contributed by atoms with Gasteiger partial charge in [-0.25, -0.2) is 0 Å². The van der Waals surface area contributed by atoms with Crippen molar-refractivity contribution in [2.75, 3.05) is 20.4 Å². The van der Waals surface area contributed by atoms with Crippen LogP contribution in [-0.2, 0) is 21.5 Å². The van der Waals surface area contributed by atoms with Gasteiger partial charge in [0.2, 0.25) is 6.79 Å². The van der Waals surface area contributed by atoms with Crippen LogP contribution < -0.4 is 9.47 Å². The van der Waals surface area contributed by atoms with Crippen molar-refractivity contribution >= 4 is 5.91 Å². The van der Waals surface area contributed by atoms with E-state index in [1.807, 2.05) is 6.07 Å². The molecule has 1 aromatic carbocycles. The Bertz CT molecular complexity index is 726. The Balaban J connectivity index is 1.74. The first-order valence-corrected chi connectivity index (χ1v) is 8.64. The first-order chi connectivity index (χ1) is 12.3. The van der Waals surface area contributed by atoms with Gasteiger partial charge >= 0.3 is 12.1 Å². The summed E-state index contributed by atoms with van der Waals surface area (Å²) in [7, 11) is 1.65. The zero-order valence-corrected chi connectivity index (χ0v) is 14.4. The lowest BCUT2D eigenvalue weighted by Crippen LogP contribution is -2.53. The molecule has 1 aromatic rings. The fourth-order valence-electron chi connectivity index (χ4n) is 4.45. The molecule has 1 spiro atoms. The van der Waals surface area contributed by atoms with Crippen molar-refractivity contribution in [3.8, 4) is 11.5 Å². The van der Waals surface area contributed by atoms with Gasteiger partial charge in [0.05, 0.1) is 6.10 Å². The lowest BCUT2D eigenvalue weighted by molar-refractivity contribution is -0.187. The lowest BCUT2D eigenvalue weighted by atomic mass is 9.65. The minimum absolute atomic E-state index is 0.0639. The van der Waals surface area contributed by atoms with E-state index < -0.39 is 17.5 Å². The number of methoxy groups -OCH3 is 1. The second kappa shape index (κ2) is 6.04. The van der Waals surface area contributed by atoms with Gasteiger partial charge in [-0.3, -0.25) is 4.79 Å². The summed E-state index contributed by atoms with van der Waals surface area (Å²) in [5.41, 5.74) is 1.17. The van der Waals surface area contributed by atoms with Crippen LogP contribution in [0.15, 0.2) is 12.1 Å². The van der Waals surface area contributed by atoms with Crippen LogP contribution in [0, 0.1) is 0 Å². The van der Waals surface area contributed by atoms with E-state index in [2.05, 4.69) is 0 Å². The summed E-state index contributed by atoms with van der Waals surface area (Å²) in [6.07, 6.45) is -1.94. The molecule has 1 saturated carbocycles. The number of amides is 1. The second-order valence-electron chi connectivity index (χ2n) is 7.24. The maximum atomic E-state index is 13.0. The topological polar surface area (TPSA) is 48.0 Å². The van der Waals surface area contributed by atoms with E-state index in [9.17, 15) is 18.0 Å². The molecule has 0 radical (unpaired) electrons. The van der Waals surface area contributed by atoms with Crippen LogP contribution in [0.3, 0.4) is 0 Å². The van der Waals surface area contributed by atoms with Crippen LogP contribution >= 0.6 is 0 Å². The van der Waals surface area contributed by atoms with Gasteiger partial charge in [-0.05, 0) is 48.9 Å². The van der Waals surface area contributed by atoms with Crippen molar-refractivity contribution in [3.05, 3.63) is 23.3 Å². The molecule has 8 heteroatoms. The molecule has 0 bridgehead atoms. The molecule has 0 aromatic heterocycles. The largest absolute Gasteiger partial charge is 0.471 e. The maximum Gasteiger partial charge on any atom is 0.471 e. The highest BCUT2D eigenvalue weighted by Crippen LogP contribution is 2.49. The average molecular weight is 371 g/mol. The summed E-state index contributed by atoms with van der Waals surface area (Å²) >= 11 is 0. The first kappa shape index (κ1) is 17.5. The highest BCUT2D eigenvalue weighted by molar-refractivity contribution is 5.82. The van der Waals surface area contributed by atoms with Crippen molar-refractivity contribution in [3.63, 3.8) is 0 Å². The van der Waals surface area contributed by atoms with Gasteiger partial charge in [0.15, 0.2) is 11.5 Å². The van der Waals surface area contributed by atoms with Crippen molar-refractivity contribution in [2.45, 2.75) is 49.9 Å². The van der Waals surface area contributed by atoms with Gasteiger partial charge in [0.1, 0.15) is 0 Å². The lowest BCUT2D eigenvalue weighted by Gasteiger charge is -2.47. The molecule has 3 aliphatic rings. The summed E-state index contributed by atoms with van der Waals surface area (Å²) < 4.78 is 55.4. The Hall–Kier alpha value is -1.96. The Morgan fingerprint density at radius 2 is 1.88 bits per heavy atom. The number of halogens is 3. The predicted molar refractivity (Wildman–Crippen MR) is 85.0 cm³/mol. The number of hydrogen-bond acceptors (Lipinski definition) is 4. The van der Waals surface area contributed by atoms with Crippen molar-refractivity contribution in [1.82, 2.24) is 4.90 Å². The zero-order valence-electron chi connectivity index (χ0n) is 14.4. The third-order valence-corrected chi connectivity index (χ3v) is 5.78. The van der Waals surface area contributed by atoms with Gasteiger partial charge in [-0.15, -0.1) is 0 Å². The van der Waals surface area contributed by atoms with Crippen LogP contribution in [-0.4, -0.2) is 43.5 Å². The highest BCUT2D eigenvalue weighted by atomic mass is 19.4. The van der Waals surface area contributed by atoms with E-state index in [0.717, 1.165) is 23.3 Å². The Kier molecular flexibility index (Phi) is 4.06. The van der Waals surface area contributed by atoms with Crippen molar-refractivity contribution in [1.29, 1.82) is 0 Å².